The van der Waals surface area contributed by atoms with E-state index in [1.165, 1.54) is 11.3 Å². The number of sulfonamides is 1. The summed E-state index contributed by atoms with van der Waals surface area (Å²) in [7, 11) is -3.40. The Balaban J connectivity index is 1.73. The van der Waals surface area contributed by atoms with E-state index in [2.05, 4.69) is 20.7 Å². The number of hydrogen-bond acceptors (Lipinski definition) is 4. The molecular weight excluding hydrogens is 362 g/mol. The number of halogens is 1. The molecule has 0 aliphatic carbocycles. The van der Waals surface area contributed by atoms with E-state index in [-0.39, 0.29) is 0 Å². The summed E-state index contributed by atoms with van der Waals surface area (Å²) < 4.78 is 33.0. The zero-order valence-electron chi connectivity index (χ0n) is 10.6. The fraction of sp³-hybridized carbons (Fsp3) is 0.231. The number of hydrogen-bond donors (Lipinski definition) is 1. The molecule has 0 fully saturated rings. The Morgan fingerprint density at radius 2 is 1.90 bits per heavy atom. The van der Waals surface area contributed by atoms with Crippen LogP contribution in [0.5, 0.6) is 5.75 Å². The highest BCUT2D eigenvalue weighted by Crippen LogP contribution is 2.25. The van der Waals surface area contributed by atoms with E-state index in [1.54, 1.807) is 12.1 Å². The lowest BCUT2D eigenvalue weighted by Crippen LogP contribution is -2.25. The van der Waals surface area contributed by atoms with Gasteiger partial charge in [0.25, 0.3) is 0 Å². The van der Waals surface area contributed by atoms with Crippen LogP contribution in [-0.4, -0.2) is 21.6 Å². The molecule has 1 heterocycles. The van der Waals surface area contributed by atoms with Gasteiger partial charge in [0.2, 0.25) is 10.0 Å². The molecule has 108 valence electrons. The lowest BCUT2D eigenvalue weighted by atomic mass is 10.3. The first-order chi connectivity index (χ1) is 9.58. The maximum atomic E-state index is 11.9. The maximum absolute atomic E-state index is 11.9. The minimum atomic E-state index is -3.40. The van der Waals surface area contributed by atoms with Gasteiger partial charge >= 0.3 is 0 Å². The fourth-order valence-corrected chi connectivity index (χ4v) is 4.63. The average Bonchev–Trinajstić information content (AvgIpc) is 2.87. The molecule has 0 unspecified atom stereocenters. The van der Waals surface area contributed by atoms with Gasteiger partial charge in [-0.1, -0.05) is 18.2 Å². The first-order valence-electron chi connectivity index (χ1n) is 6.01. The van der Waals surface area contributed by atoms with Crippen molar-refractivity contribution in [1.82, 2.24) is 4.72 Å². The summed E-state index contributed by atoms with van der Waals surface area (Å²) in [6, 6.07) is 12.7. The third-order valence-corrected chi connectivity index (χ3v) is 6.02. The molecule has 0 aliphatic heterocycles. The number of benzene rings is 1. The van der Waals surface area contributed by atoms with E-state index in [1.807, 2.05) is 30.3 Å². The Kier molecular flexibility index (Phi) is 5.59. The SMILES string of the molecule is O=S(=O)(NCCCOc1ccccc1)c1ccc(Br)s1. The van der Waals surface area contributed by atoms with Crippen molar-refractivity contribution < 1.29 is 13.2 Å². The van der Waals surface area contributed by atoms with Crippen molar-refractivity contribution in [1.29, 1.82) is 0 Å². The Bertz CT molecular complexity index is 641. The van der Waals surface area contributed by atoms with Gasteiger partial charge in [-0.25, -0.2) is 13.1 Å². The molecule has 0 saturated heterocycles. The van der Waals surface area contributed by atoms with Gasteiger partial charge in [-0.3, -0.25) is 0 Å². The summed E-state index contributed by atoms with van der Waals surface area (Å²) >= 11 is 4.44. The van der Waals surface area contributed by atoms with Crippen molar-refractivity contribution in [2.45, 2.75) is 10.6 Å². The van der Waals surface area contributed by atoms with Crippen LogP contribution >= 0.6 is 27.3 Å². The van der Waals surface area contributed by atoms with E-state index in [4.69, 9.17) is 4.74 Å². The molecule has 0 amide bonds. The first-order valence-corrected chi connectivity index (χ1v) is 9.10. The molecule has 2 aromatic rings. The third kappa shape index (κ3) is 4.59. The number of para-hydroxylation sites is 1. The molecule has 7 heteroatoms. The zero-order valence-corrected chi connectivity index (χ0v) is 13.8. The summed E-state index contributed by atoms with van der Waals surface area (Å²) in [4.78, 5) is 0. The molecule has 0 spiro atoms. The van der Waals surface area contributed by atoms with Gasteiger partial charge in [-0.15, -0.1) is 11.3 Å². The standard InChI is InChI=1S/C13H14BrNO3S2/c14-12-7-8-13(19-12)20(16,17)15-9-4-10-18-11-5-2-1-3-6-11/h1-3,5-8,15H,4,9-10H2. The lowest BCUT2D eigenvalue weighted by molar-refractivity contribution is 0.311. The second kappa shape index (κ2) is 7.21. The third-order valence-electron chi connectivity index (χ3n) is 2.44. The highest BCUT2D eigenvalue weighted by Gasteiger charge is 2.15. The van der Waals surface area contributed by atoms with Crippen molar-refractivity contribution in [3.05, 3.63) is 46.3 Å². The molecule has 1 N–H and O–H groups in total. The maximum Gasteiger partial charge on any atom is 0.250 e. The van der Waals surface area contributed by atoms with Gasteiger partial charge < -0.3 is 4.74 Å². The molecule has 20 heavy (non-hydrogen) atoms. The van der Waals surface area contributed by atoms with Crippen LogP contribution < -0.4 is 9.46 Å². The van der Waals surface area contributed by atoms with E-state index in [0.717, 1.165) is 9.54 Å². The number of rotatable bonds is 7. The topological polar surface area (TPSA) is 55.4 Å². The first kappa shape index (κ1) is 15.5. The minimum Gasteiger partial charge on any atom is -0.494 e. The minimum absolute atomic E-state index is 0.313. The van der Waals surface area contributed by atoms with Crippen molar-refractivity contribution in [2.75, 3.05) is 13.2 Å². The molecule has 0 saturated carbocycles. The van der Waals surface area contributed by atoms with Crippen molar-refractivity contribution in [2.24, 2.45) is 0 Å². The molecule has 0 atom stereocenters. The number of nitrogens with one attached hydrogen (secondary N) is 1. The molecule has 2 rings (SSSR count). The van der Waals surface area contributed by atoms with E-state index in [9.17, 15) is 8.42 Å². The predicted octanol–water partition coefficient (Wildman–Crippen LogP) is 3.26. The second-order valence-corrected chi connectivity index (χ2v) is 8.43. The summed E-state index contributed by atoms with van der Waals surface area (Å²) in [6.45, 7) is 0.825. The summed E-state index contributed by atoms with van der Waals surface area (Å²) in [5.41, 5.74) is 0. The van der Waals surface area contributed by atoms with Crippen LogP contribution in [-0.2, 0) is 10.0 Å². The van der Waals surface area contributed by atoms with Crippen LogP contribution in [0.1, 0.15) is 6.42 Å². The normalized spacial score (nSPS) is 11.4. The van der Waals surface area contributed by atoms with Crippen LogP contribution in [0.4, 0.5) is 0 Å². The highest BCUT2D eigenvalue weighted by molar-refractivity contribution is 9.11. The monoisotopic (exact) mass is 375 g/mol. The van der Waals surface area contributed by atoms with Crippen molar-refractivity contribution in [3.63, 3.8) is 0 Å². The largest absolute Gasteiger partial charge is 0.494 e. The fourth-order valence-electron chi connectivity index (χ4n) is 1.50. The van der Waals surface area contributed by atoms with Crippen LogP contribution in [0.2, 0.25) is 0 Å². The highest BCUT2D eigenvalue weighted by atomic mass is 79.9. The Morgan fingerprint density at radius 1 is 1.15 bits per heavy atom. The summed E-state index contributed by atoms with van der Waals surface area (Å²) in [5.74, 6) is 0.789. The van der Waals surface area contributed by atoms with Crippen molar-refractivity contribution >= 4 is 37.3 Å². The van der Waals surface area contributed by atoms with Crippen LogP contribution in [0, 0.1) is 0 Å². The average molecular weight is 376 g/mol. The molecule has 1 aromatic carbocycles. The van der Waals surface area contributed by atoms with E-state index < -0.39 is 10.0 Å². The summed E-state index contributed by atoms with van der Waals surface area (Å²) in [6.07, 6.45) is 0.612. The number of ether oxygens (including phenoxy) is 1. The molecule has 0 radical (unpaired) electrons. The Labute approximate surface area is 131 Å². The van der Waals surface area contributed by atoms with Gasteiger partial charge in [0.1, 0.15) is 9.96 Å². The van der Waals surface area contributed by atoms with Crippen molar-refractivity contribution in [3.8, 4) is 5.75 Å². The molecule has 1 aromatic heterocycles. The molecule has 0 bridgehead atoms. The van der Waals surface area contributed by atoms with Crippen LogP contribution in [0.25, 0.3) is 0 Å². The molecular formula is C13H14BrNO3S2. The van der Waals surface area contributed by atoms with Gasteiger partial charge in [0, 0.05) is 6.54 Å². The zero-order chi connectivity index (χ0) is 14.4. The van der Waals surface area contributed by atoms with Gasteiger partial charge in [-0.05, 0) is 46.6 Å². The van der Waals surface area contributed by atoms with E-state index >= 15 is 0 Å². The molecule has 4 nitrogen and oxygen atoms in total. The second-order valence-electron chi connectivity index (χ2n) is 3.97. The van der Waals surface area contributed by atoms with Gasteiger partial charge in [0.05, 0.1) is 10.4 Å². The predicted molar refractivity (Wildman–Crippen MR) is 83.8 cm³/mol. The smallest absolute Gasteiger partial charge is 0.250 e. The van der Waals surface area contributed by atoms with Gasteiger partial charge in [0.15, 0.2) is 0 Å². The van der Waals surface area contributed by atoms with Crippen LogP contribution in [0.15, 0.2) is 50.5 Å². The van der Waals surface area contributed by atoms with E-state index in [0.29, 0.717) is 23.8 Å². The quantitative estimate of drug-likeness (QED) is 0.755. The molecule has 0 aliphatic rings. The number of thiophene rings is 1. The lowest BCUT2D eigenvalue weighted by Gasteiger charge is -2.07. The van der Waals surface area contributed by atoms with Gasteiger partial charge in [-0.2, -0.15) is 0 Å². The summed E-state index contributed by atoms with van der Waals surface area (Å²) in [5, 5.41) is 0. The Morgan fingerprint density at radius 3 is 2.55 bits per heavy atom. The van der Waals surface area contributed by atoms with Crippen LogP contribution in [0.3, 0.4) is 0 Å². The Hall–Kier alpha value is -0.890.